The van der Waals surface area contributed by atoms with E-state index in [-0.39, 0.29) is 11.1 Å². The molecule has 156 valence electrons. The Hall–Kier alpha value is -3.28. The topological polar surface area (TPSA) is 59.0 Å². The maximum absolute atomic E-state index is 12.9. The number of halogens is 2. The van der Waals surface area contributed by atoms with Gasteiger partial charge in [0.15, 0.2) is 0 Å². The lowest BCUT2D eigenvalue weighted by atomic mass is 10.2. The standard InChI is InChI=1S/C24H20Cl2N4O/c1-16-22(23(26)30(29-16)19-10-6-3-7-11-19)24(31)28-18-12-13-21(20(25)14-18)27-15-17-8-4-2-5-9-17/h2-14,27H,15H2,1H3,(H,28,31). The van der Waals surface area contributed by atoms with Gasteiger partial charge in [0, 0.05) is 12.2 Å². The van der Waals surface area contributed by atoms with Crippen LogP contribution in [0.5, 0.6) is 0 Å². The molecule has 5 nitrogen and oxygen atoms in total. The van der Waals surface area contributed by atoms with Gasteiger partial charge < -0.3 is 10.6 Å². The molecule has 0 radical (unpaired) electrons. The fraction of sp³-hybridized carbons (Fsp3) is 0.0833. The van der Waals surface area contributed by atoms with Gasteiger partial charge in [-0.15, -0.1) is 0 Å². The summed E-state index contributed by atoms with van der Waals surface area (Å²) in [5.74, 6) is -0.342. The number of carbonyl (C=O) groups excluding carboxylic acids is 1. The molecule has 31 heavy (non-hydrogen) atoms. The minimum Gasteiger partial charge on any atom is -0.380 e. The van der Waals surface area contributed by atoms with Crippen molar-refractivity contribution in [2.24, 2.45) is 0 Å². The summed E-state index contributed by atoms with van der Waals surface area (Å²) >= 11 is 12.9. The predicted octanol–water partition coefficient (Wildman–Crippen LogP) is 6.35. The van der Waals surface area contributed by atoms with Crippen molar-refractivity contribution in [2.45, 2.75) is 13.5 Å². The summed E-state index contributed by atoms with van der Waals surface area (Å²) in [6, 6.07) is 24.8. The van der Waals surface area contributed by atoms with Gasteiger partial charge in [-0.1, -0.05) is 71.7 Å². The number of hydrogen-bond donors (Lipinski definition) is 2. The van der Waals surface area contributed by atoms with Crippen LogP contribution < -0.4 is 10.6 Å². The monoisotopic (exact) mass is 450 g/mol. The SMILES string of the molecule is Cc1nn(-c2ccccc2)c(Cl)c1C(=O)Nc1ccc(NCc2ccccc2)c(Cl)c1. The summed E-state index contributed by atoms with van der Waals surface area (Å²) in [6.45, 7) is 2.41. The first kappa shape index (κ1) is 21.0. The highest BCUT2D eigenvalue weighted by atomic mass is 35.5. The maximum atomic E-state index is 12.9. The van der Waals surface area contributed by atoms with Gasteiger partial charge in [0.25, 0.3) is 5.91 Å². The molecule has 0 spiro atoms. The zero-order chi connectivity index (χ0) is 21.8. The Kier molecular flexibility index (Phi) is 6.26. The molecule has 7 heteroatoms. The van der Waals surface area contributed by atoms with Crippen LogP contribution in [-0.4, -0.2) is 15.7 Å². The molecule has 4 rings (SSSR count). The molecule has 1 amide bonds. The molecule has 0 saturated carbocycles. The number of amides is 1. The van der Waals surface area contributed by atoms with Crippen molar-refractivity contribution in [1.82, 2.24) is 9.78 Å². The number of aromatic nitrogens is 2. The molecular formula is C24H20Cl2N4O. The van der Waals surface area contributed by atoms with Gasteiger partial charge in [-0.3, -0.25) is 4.79 Å². The van der Waals surface area contributed by atoms with Gasteiger partial charge in [0.1, 0.15) is 10.7 Å². The smallest absolute Gasteiger partial charge is 0.260 e. The number of nitrogens with zero attached hydrogens (tertiary/aromatic N) is 2. The van der Waals surface area contributed by atoms with Crippen LogP contribution in [-0.2, 0) is 6.54 Å². The van der Waals surface area contributed by atoms with Gasteiger partial charge in [-0.2, -0.15) is 5.10 Å². The fourth-order valence-corrected chi connectivity index (χ4v) is 3.83. The molecule has 4 aromatic rings. The van der Waals surface area contributed by atoms with Crippen molar-refractivity contribution in [3.05, 3.63) is 106 Å². The molecule has 0 atom stereocenters. The van der Waals surface area contributed by atoms with E-state index in [2.05, 4.69) is 15.7 Å². The van der Waals surface area contributed by atoms with Crippen LogP contribution in [0.25, 0.3) is 5.69 Å². The summed E-state index contributed by atoms with van der Waals surface area (Å²) in [7, 11) is 0. The van der Waals surface area contributed by atoms with E-state index >= 15 is 0 Å². The number of hydrogen-bond acceptors (Lipinski definition) is 3. The van der Waals surface area contributed by atoms with E-state index in [4.69, 9.17) is 23.2 Å². The van der Waals surface area contributed by atoms with Crippen molar-refractivity contribution in [3.63, 3.8) is 0 Å². The highest BCUT2D eigenvalue weighted by Crippen LogP contribution is 2.28. The van der Waals surface area contributed by atoms with Crippen LogP contribution >= 0.6 is 23.2 Å². The molecule has 1 heterocycles. The Morgan fingerprint density at radius 1 is 0.968 bits per heavy atom. The van der Waals surface area contributed by atoms with Crippen molar-refractivity contribution >= 4 is 40.5 Å². The fourth-order valence-electron chi connectivity index (χ4n) is 3.22. The summed E-state index contributed by atoms with van der Waals surface area (Å²) in [5, 5.41) is 11.3. The number of rotatable bonds is 6. The minimum atomic E-state index is -0.342. The normalized spacial score (nSPS) is 10.7. The Labute approximate surface area is 190 Å². The van der Waals surface area contributed by atoms with E-state index in [9.17, 15) is 4.79 Å². The summed E-state index contributed by atoms with van der Waals surface area (Å²) in [4.78, 5) is 12.9. The van der Waals surface area contributed by atoms with Gasteiger partial charge in [0.05, 0.1) is 22.1 Å². The van der Waals surface area contributed by atoms with E-state index in [0.717, 1.165) is 16.9 Å². The average Bonchev–Trinajstić information content (AvgIpc) is 3.08. The van der Waals surface area contributed by atoms with Crippen LogP contribution in [0, 0.1) is 6.92 Å². The molecule has 2 N–H and O–H groups in total. The molecule has 0 aliphatic rings. The first-order valence-corrected chi connectivity index (χ1v) is 10.5. The van der Waals surface area contributed by atoms with E-state index in [1.807, 2.05) is 66.7 Å². The summed E-state index contributed by atoms with van der Waals surface area (Å²) in [5.41, 5.74) is 4.16. The highest BCUT2D eigenvalue weighted by molar-refractivity contribution is 6.34. The third-order valence-corrected chi connectivity index (χ3v) is 5.45. The lowest BCUT2D eigenvalue weighted by Gasteiger charge is -2.11. The van der Waals surface area contributed by atoms with Gasteiger partial charge in [0.2, 0.25) is 0 Å². The first-order valence-electron chi connectivity index (χ1n) is 9.72. The van der Waals surface area contributed by atoms with E-state index in [1.54, 1.807) is 23.7 Å². The molecule has 0 aliphatic carbocycles. The molecule has 1 aromatic heterocycles. The second-order valence-electron chi connectivity index (χ2n) is 6.99. The molecule has 0 saturated heterocycles. The molecule has 0 aliphatic heterocycles. The van der Waals surface area contributed by atoms with Gasteiger partial charge in [-0.25, -0.2) is 4.68 Å². The number of aryl methyl sites for hydroxylation is 1. The molecule has 3 aromatic carbocycles. The summed E-state index contributed by atoms with van der Waals surface area (Å²) < 4.78 is 1.55. The first-order chi connectivity index (χ1) is 15.0. The van der Waals surface area contributed by atoms with Gasteiger partial charge in [-0.05, 0) is 42.8 Å². The van der Waals surface area contributed by atoms with Crippen molar-refractivity contribution in [3.8, 4) is 5.69 Å². The maximum Gasteiger partial charge on any atom is 0.260 e. The summed E-state index contributed by atoms with van der Waals surface area (Å²) in [6.07, 6.45) is 0. The number of benzene rings is 3. The van der Waals surface area contributed by atoms with Crippen LogP contribution in [0.1, 0.15) is 21.6 Å². The molecular weight excluding hydrogens is 431 g/mol. The Morgan fingerprint density at radius 2 is 1.65 bits per heavy atom. The second kappa shape index (κ2) is 9.25. The number of nitrogens with one attached hydrogen (secondary N) is 2. The Bertz CT molecular complexity index is 1210. The van der Waals surface area contributed by atoms with Crippen molar-refractivity contribution in [2.75, 3.05) is 10.6 Å². The zero-order valence-electron chi connectivity index (χ0n) is 16.8. The van der Waals surface area contributed by atoms with Crippen LogP contribution in [0.4, 0.5) is 11.4 Å². The van der Waals surface area contributed by atoms with Crippen LogP contribution in [0.2, 0.25) is 10.2 Å². The quantitative estimate of drug-likeness (QED) is 0.359. The Morgan fingerprint density at radius 3 is 2.32 bits per heavy atom. The predicted molar refractivity (Wildman–Crippen MR) is 126 cm³/mol. The number of carbonyl (C=O) groups is 1. The highest BCUT2D eigenvalue weighted by Gasteiger charge is 2.21. The van der Waals surface area contributed by atoms with Crippen LogP contribution in [0.15, 0.2) is 78.9 Å². The van der Waals surface area contributed by atoms with E-state index < -0.39 is 0 Å². The average molecular weight is 451 g/mol. The van der Waals surface area contributed by atoms with Crippen molar-refractivity contribution < 1.29 is 4.79 Å². The third-order valence-electron chi connectivity index (χ3n) is 4.78. The third kappa shape index (κ3) is 4.74. The van der Waals surface area contributed by atoms with E-state index in [1.165, 1.54) is 0 Å². The second-order valence-corrected chi connectivity index (χ2v) is 7.75. The Balaban J connectivity index is 1.49. The van der Waals surface area contributed by atoms with Gasteiger partial charge >= 0.3 is 0 Å². The number of anilines is 2. The van der Waals surface area contributed by atoms with E-state index in [0.29, 0.717) is 28.5 Å². The lowest BCUT2D eigenvalue weighted by Crippen LogP contribution is -2.13. The molecule has 0 bridgehead atoms. The molecule has 0 unspecified atom stereocenters. The lowest BCUT2D eigenvalue weighted by molar-refractivity contribution is 0.102. The van der Waals surface area contributed by atoms with Crippen LogP contribution in [0.3, 0.4) is 0 Å². The zero-order valence-corrected chi connectivity index (χ0v) is 18.3. The largest absolute Gasteiger partial charge is 0.380 e. The van der Waals surface area contributed by atoms with Crippen molar-refractivity contribution in [1.29, 1.82) is 0 Å². The minimum absolute atomic E-state index is 0.258. The molecule has 0 fully saturated rings. The number of para-hydroxylation sites is 1.